The maximum Gasteiger partial charge on any atom is 0.253 e. The van der Waals surface area contributed by atoms with Crippen LogP contribution in [0.4, 0.5) is 25.5 Å². The number of nitrogens with one attached hydrogen (secondary N) is 2. The summed E-state index contributed by atoms with van der Waals surface area (Å²) in [4.78, 5) is 35.7. The molecule has 1 aliphatic rings. The van der Waals surface area contributed by atoms with E-state index in [4.69, 9.17) is 5.73 Å². The minimum atomic E-state index is -0.974. The quantitative estimate of drug-likeness (QED) is 0.401. The predicted octanol–water partition coefficient (Wildman–Crippen LogP) is 3.98. The number of hydrogen-bond donors (Lipinski definition) is 3. The third-order valence-electron chi connectivity index (χ3n) is 5.67. The highest BCUT2D eigenvalue weighted by Crippen LogP contribution is 2.30. The fraction of sp³-hybridized carbons (Fsp3) is 0.333. The number of aromatic nitrogens is 2. The normalized spacial score (nSPS) is 14.9. The number of ketones is 1. The highest BCUT2D eigenvalue weighted by atomic mass is 32.1. The fourth-order valence-corrected chi connectivity index (χ4v) is 4.81. The maximum absolute atomic E-state index is 14.0. The number of benzene rings is 1. The molecule has 1 amide bonds. The summed E-state index contributed by atoms with van der Waals surface area (Å²) < 4.78 is 28.0. The van der Waals surface area contributed by atoms with Gasteiger partial charge in [0.2, 0.25) is 5.78 Å². The summed E-state index contributed by atoms with van der Waals surface area (Å²) in [6, 6.07) is 6.41. The molecule has 3 heterocycles. The number of likely N-dealkylation sites (tertiary alicyclic amines) is 1. The zero-order valence-corrected chi connectivity index (χ0v) is 20.0. The number of rotatable bonds is 8. The van der Waals surface area contributed by atoms with Gasteiger partial charge in [-0.3, -0.25) is 9.59 Å². The third kappa shape index (κ3) is 5.98. The Morgan fingerprint density at radius 3 is 2.51 bits per heavy atom. The summed E-state index contributed by atoms with van der Waals surface area (Å²) in [7, 11) is 0. The molecule has 0 bridgehead atoms. The van der Waals surface area contributed by atoms with Crippen molar-refractivity contribution in [1.82, 2.24) is 20.2 Å². The number of thiazole rings is 1. The first-order chi connectivity index (χ1) is 16.8. The molecule has 0 aliphatic carbocycles. The second kappa shape index (κ2) is 10.9. The number of anilines is 3. The van der Waals surface area contributed by atoms with Crippen LogP contribution in [0.3, 0.4) is 0 Å². The first kappa shape index (κ1) is 24.7. The van der Waals surface area contributed by atoms with Crippen LogP contribution in [0.5, 0.6) is 0 Å². The van der Waals surface area contributed by atoms with Crippen molar-refractivity contribution in [2.24, 2.45) is 0 Å². The smallest absolute Gasteiger partial charge is 0.253 e. The van der Waals surface area contributed by atoms with Crippen molar-refractivity contribution in [2.45, 2.75) is 32.2 Å². The van der Waals surface area contributed by atoms with Crippen molar-refractivity contribution in [3.63, 3.8) is 0 Å². The molecule has 2 aromatic heterocycles. The lowest BCUT2D eigenvalue weighted by Gasteiger charge is -2.29. The lowest BCUT2D eigenvalue weighted by atomic mass is 10.1. The van der Waals surface area contributed by atoms with Crippen molar-refractivity contribution >= 4 is 39.8 Å². The van der Waals surface area contributed by atoms with Crippen LogP contribution in [0.2, 0.25) is 0 Å². The molecule has 1 aromatic carbocycles. The van der Waals surface area contributed by atoms with Gasteiger partial charge in [0.05, 0.1) is 11.1 Å². The van der Waals surface area contributed by atoms with Crippen LogP contribution in [0, 0.1) is 11.6 Å². The Labute approximate surface area is 205 Å². The van der Waals surface area contributed by atoms with Crippen LogP contribution < -0.4 is 16.4 Å². The minimum Gasteiger partial charge on any atom is -0.382 e. The molecule has 184 valence electrons. The Morgan fingerprint density at radius 2 is 1.86 bits per heavy atom. The van der Waals surface area contributed by atoms with Gasteiger partial charge in [-0.1, -0.05) is 23.8 Å². The summed E-state index contributed by atoms with van der Waals surface area (Å²) in [5, 5.41) is 6.12. The van der Waals surface area contributed by atoms with Gasteiger partial charge in [0.1, 0.15) is 28.1 Å². The van der Waals surface area contributed by atoms with E-state index in [0.717, 1.165) is 43.1 Å². The van der Waals surface area contributed by atoms with Gasteiger partial charge in [0, 0.05) is 18.8 Å². The number of hydrogen-bond acceptors (Lipinski definition) is 8. The van der Waals surface area contributed by atoms with Gasteiger partial charge in [-0.15, -0.1) is 0 Å². The lowest BCUT2D eigenvalue weighted by molar-refractivity contribution is 0.0924. The summed E-state index contributed by atoms with van der Waals surface area (Å²) in [6.07, 6.45) is 5.08. The Hall–Kier alpha value is -3.44. The molecule has 4 rings (SSSR count). The molecular weight excluding hydrogens is 474 g/mol. The number of nitrogen functional groups attached to an aromatic ring is 1. The Balaban J connectivity index is 1.38. The van der Waals surface area contributed by atoms with Crippen LogP contribution >= 0.6 is 11.3 Å². The molecular formula is C24H26F2N6O2S. The van der Waals surface area contributed by atoms with Gasteiger partial charge in [0.15, 0.2) is 5.13 Å². The molecule has 0 saturated carbocycles. The van der Waals surface area contributed by atoms with Crippen molar-refractivity contribution in [3.8, 4) is 0 Å². The first-order valence-electron chi connectivity index (χ1n) is 11.3. The molecule has 4 N–H and O–H groups in total. The van der Waals surface area contributed by atoms with Gasteiger partial charge < -0.3 is 21.3 Å². The summed E-state index contributed by atoms with van der Waals surface area (Å²) in [6.45, 7) is 4.91. The van der Waals surface area contributed by atoms with E-state index in [0.29, 0.717) is 11.4 Å². The summed E-state index contributed by atoms with van der Waals surface area (Å²) in [5.74, 6) is -2.83. The lowest BCUT2D eigenvalue weighted by Crippen LogP contribution is -2.43. The molecule has 1 fully saturated rings. The number of carbonyl (C=O) groups excluding carboxylic acids is 2. The third-order valence-corrected chi connectivity index (χ3v) is 6.65. The Kier molecular flexibility index (Phi) is 7.67. The second-order valence-electron chi connectivity index (χ2n) is 8.45. The molecule has 0 radical (unpaired) electrons. The zero-order chi connectivity index (χ0) is 24.9. The van der Waals surface area contributed by atoms with E-state index < -0.39 is 23.0 Å². The van der Waals surface area contributed by atoms with Gasteiger partial charge in [0.25, 0.3) is 5.91 Å². The number of carbonyl (C=O) groups is 2. The standard InChI is InChI=1S/C24H26F2N6O2S/c1-14(13-32-10-3-2-4-11-32)29-23(34)15-8-9-18(28-12-15)30-24-31-22(27)21(35-24)20(33)19-16(25)6-5-7-17(19)26/h5-9,12,14H,2-4,10-11,13,27H2,1H3,(H,29,34)(H,28,30,31)/t14-/m1/s1. The van der Waals surface area contributed by atoms with E-state index in [1.54, 1.807) is 12.1 Å². The first-order valence-corrected chi connectivity index (χ1v) is 12.1. The van der Waals surface area contributed by atoms with E-state index in [1.807, 2.05) is 6.92 Å². The molecule has 0 unspecified atom stereocenters. The zero-order valence-electron chi connectivity index (χ0n) is 19.2. The maximum atomic E-state index is 14.0. The largest absolute Gasteiger partial charge is 0.382 e. The summed E-state index contributed by atoms with van der Waals surface area (Å²) in [5.41, 5.74) is 5.55. The average molecular weight is 501 g/mol. The van der Waals surface area contributed by atoms with E-state index in [2.05, 4.69) is 25.5 Å². The molecule has 8 nitrogen and oxygen atoms in total. The number of nitrogens with zero attached hydrogens (tertiary/aromatic N) is 3. The monoisotopic (exact) mass is 500 g/mol. The molecule has 3 aromatic rings. The van der Waals surface area contributed by atoms with Crippen molar-refractivity contribution < 1.29 is 18.4 Å². The van der Waals surface area contributed by atoms with Crippen molar-refractivity contribution in [3.05, 3.63) is 64.2 Å². The van der Waals surface area contributed by atoms with E-state index in [1.165, 1.54) is 31.5 Å². The highest BCUT2D eigenvalue weighted by molar-refractivity contribution is 7.18. The highest BCUT2D eigenvalue weighted by Gasteiger charge is 2.24. The number of piperidine rings is 1. The van der Waals surface area contributed by atoms with Crippen LogP contribution in [0.15, 0.2) is 36.5 Å². The second-order valence-corrected chi connectivity index (χ2v) is 9.45. The Morgan fingerprint density at radius 1 is 1.14 bits per heavy atom. The fourth-order valence-electron chi connectivity index (χ4n) is 3.97. The van der Waals surface area contributed by atoms with Gasteiger partial charge in [-0.25, -0.2) is 18.7 Å². The van der Waals surface area contributed by atoms with Crippen molar-refractivity contribution in [1.29, 1.82) is 0 Å². The molecule has 11 heteroatoms. The Bertz CT molecular complexity index is 1190. The van der Waals surface area contributed by atoms with Crippen molar-refractivity contribution in [2.75, 3.05) is 30.7 Å². The molecule has 35 heavy (non-hydrogen) atoms. The number of halogens is 2. The summed E-state index contributed by atoms with van der Waals surface area (Å²) >= 11 is 0.856. The van der Waals surface area contributed by atoms with Crippen LogP contribution in [-0.4, -0.2) is 52.2 Å². The molecule has 1 atom stereocenters. The number of amides is 1. The van der Waals surface area contributed by atoms with E-state index in [9.17, 15) is 18.4 Å². The van der Waals surface area contributed by atoms with Gasteiger partial charge in [-0.2, -0.15) is 0 Å². The topological polar surface area (TPSA) is 113 Å². The van der Waals surface area contributed by atoms with E-state index in [-0.39, 0.29) is 27.8 Å². The van der Waals surface area contributed by atoms with Gasteiger partial charge >= 0.3 is 0 Å². The predicted molar refractivity (Wildman–Crippen MR) is 131 cm³/mol. The average Bonchev–Trinajstić information content (AvgIpc) is 3.19. The van der Waals surface area contributed by atoms with E-state index >= 15 is 0 Å². The van der Waals surface area contributed by atoms with Gasteiger partial charge in [-0.05, 0) is 57.1 Å². The number of pyridine rings is 1. The van der Waals surface area contributed by atoms with Crippen LogP contribution in [0.25, 0.3) is 0 Å². The number of nitrogens with two attached hydrogens (primary N) is 1. The molecule has 1 saturated heterocycles. The molecule has 1 aliphatic heterocycles. The SMILES string of the molecule is C[C@H](CN1CCCCC1)NC(=O)c1ccc(Nc2nc(N)c(C(=O)c3c(F)cccc3F)s2)nc1. The molecule has 0 spiro atoms. The van der Waals surface area contributed by atoms with Crippen LogP contribution in [0.1, 0.15) is 51.8 Å². The van der Waals surface area contributed by atoms with Crippen LogP contribution in [-0.2, 0) is 0 Å². The minimum absolute atomic E-state index is 0.00643.